The van der Waals surface area contributed by atoms with Crippen LogP contribution in [0.5, 0.6) is 0 Å². The summed E-state index contributed by atoms with van der Waals surface area (Å²) < 4.78 is 25.1. The molecule has 3 rings (SSSR count). The number of fused-ring (bicyclic) bond motifs is 1. The zero-order chi connectivity index (χ0) is 15.7. The number of amides is 1. The van der Waals surface area contributed by atoms with Gasteiger partial charge in [-0.1, -0.05) is 0 Å². The lowest BCUT2D eigenvalue weighted by Crippen LogP contribution is -2.27. The van der Waals surface area contributed by atoms with Gasteiger partial charge in [0, 0.05) is 12.7 Å². The summed E-state index contributed by atoms with van der Waals surface area (Å²) in [6, 6.07) is 1.09. The first-order valence-electron chi connectivity index (χ1n) is 7.20. The highest BCUT2D eigenvalue weighted by molar-refractivity contribution is 5.92. The lowest BCUT2D eigenvalue weighted by atomic mass is 9.96. The molecule has 1 aliphatic rings. The van der Waals surface area contributed by atoms with Crippen LogP contribution in [0.4, 0.5) is 8.78 Å². The minimum atomic E-state index is -2.67. The molecular weight excluding hydrogens is 292 g/mol. The second kappa shape index (κ2) is 5.86. The van der Waals surface area contributed by atoms with Gasteiger partial charge in [0.15, 0.2) is 5.69 Å². The number of carbonyl (C=O) groups excluding carboxylic acids is 1. The highest BCUT2D eigenvalue weighted by Crippen LogP contribution is 2.23. The highest BCUT2D eigenvalue weighted by atomic mass is 19.3. The minimum Gasteiger partial charge on any atom is -0.334 e. The average molecular weight is 309 g/mol. The van der Waals surface area contributed by atoms with E-state index in [4.69, 9.17) is 0 Å². The van der Waals surface area contributed by atoms with E-state index >= 15 is 0 Å². The fraction of sp³-hybridized carbons (Fsp3) is 0.500. The molecule has 1 aliphatic carbocycles. The molecule has 22 heavy (non-hydrogen) atoms. The molecule has 0 saturated heterocycles. The van der Waals surface area contributed by atoms with Gasteiger partial charge in [0.05, 0.1) is 12.2 Å². The summed E-state index contributed by atoms with van der Waals surface area (Å²) >= 11 is 0. The molecule has 0 aliphatic heterocycles. The molecule has 0 fully saturated rings. The molecule has 2 N–H and O–H groups in total. The topological polar surface area (TPSA) is 77.7 Å². The molecule has 2 heterocycles. The van der Waals surface area contributed by atoms with Crippen molar-refractivity contribution in [2.24, 2.45) is 0 Å². The van der Waals surface area contributed by atoms with E-state index in [9.17, 15) is 13.6 Å². The molecule has 1 amide bonds. The molecule has 0 aromatic carbocycles. The summed E-state index contributed by atoms with van der Waals surface area (Å²) in [5.74, 6) is -0.407. The highest BCUT2D eigenvalue weighted by Gasteiger charge is 2.22. The van der Waals surface area contributed by atoms with E-state index < -0.39 is 12.3 Å². The minimum absolute atomic E-state index is 0.0118. The van der Waals surface area contributed by atoms with Gasteiger partial charge in [0.1, 0.15) is 5.69 Å². The number of hydrogen-bond acceptors (Lipinski definition) is 3. The second-order valence-corrected chi connectivity index (χ2v) is 5.50. The van der Waals surface area contributed by atoms with Crippen molar-refractivity contribution in [1.82, 2.24) is 25.3 Å². The number of nitrogens with one attached hydrogen (secondary N) is 2. The summed E-state index contributed by atoms with van der Waals surface area (Å²) in [4.78, 5) is 13.7. The number of carbonyl (C=O) groups is 1. The van der Waals surface area contributed by atoms with Crippen molar-refractivity contribution in [3.8, 4) is 0 Å². The maximum Gasteiger partial charge on any atom is 0.279 e. The second-order valence-electron chi connectivity index (χ2n) is 5.50. The smallest absolute Gasteiger partial charge is 0.279 e. The third-order valence-electron chi connectivity index (χ3n) is 3.93. The van der Waals surface area contributed by atoms with Crippen LogP contribution in [0.15, 0.2) is 6.07 Å². The maximum absolute atomic E-state index is 12.5. The van der Waals surface area contributed by atoms with Gasteiger partial charge in [-0.15, -0.1) is 0 Å². The van der Waals surface area contributed by atoms with Crippen molar-refractivity contribution in [2.75, 3.05) is 7.05 Å². The quantitative estimate of drug-likeness (QED) is 0.909. The Morgan fingerprint density at radius 2 is 2.09 bits per heavy atom. The molecule has 8 heteroatoms. The standard InChI is InChI=1S/C14H17F2N5O/c1-21(14(22)11-6-10(13(15)16)18-19-11)7-12-8-4-2-3-5-9(8)17-20-12/h6,13H,2-5,7H2,1H3,(H,17,20)(H,18,19). The number of hydrogen-bond donors (Lipinski definition) is 2. The van der Waals surface area contributed by atoms with Crippen molar-refractivity contribution in [3.05, 3.63) is 34.4 Å². The normalized spacial score (nSPS) is 14.2. The van der Waals surface area contributed by atoms with Crippen LogP contribution < -0.4 is 0 Å². The maximum atomic E-state index is 12.5. The third-order valence-corrected chi connectivity index (χ3v) is 3.93. The predicted octanol–water partition coefficient (Wildman–Crippen LogP) is 2.22. The molecule has 6 nitrogen and oxygen atoms in total. The molecule has 0 bridgehead atoms. The lowest BCUT2D eigenvalue weighted by Gasteiger charge is -2.17. The molecule has 0 unspecified atom stereocenters. The summed E-state index contributed by atoms with van der Waals surface area (Å²) in [5, 5.41) is 13.1. The van der Waals surface area contributed by atoms with E-state index in [1.54, 1.807) is 7.05 Å². The summed E-state index contributed by atoms with van der Waals surface area (Å²) in [6.45, 7) is 0.335. The molecule has 118 valence electrons. The zero-order valence-electron chi connectivity index (χ0n) is 12.2. The molecule has 0 saturated carbocycles. The van der Waals surface area contributed by atoms with Crippen LogP contribution in [-0.2, 0) is 19.4 Å². The summed E-state index contributed by atoms with van der Waals surface area (Å²) in [7, 11) is 1.61. The molecule has 2 aromatic rings. The van der Waals surface area contributed by atoms with Crippen molar-refractivity contribution in [1.29, 1.82) is 0 Å². The number of aryl methyl sites for hydroxylation is 1. The largest absolute Gasteiger partial charge is 0.334 e. The van der Waals surface area contributed by atoms with E-state index in [-0.39, 0.29) is 11.4 Å². The Morgan fingerprint density at radius 3 is 2.82 bits per heavy atom. The van der Waals surface area contributed by atoms with Crippen LogP contribution in [-0.4, -0.2) is 38.2 Å². The number of aromatic nitrogens is 4. The lowest BCUT2D eigenvalue weighted by molar-refractivity contribution is 0.0777. The van der Waals surface area contributed by atoms with E-state index in [0.29, 0.717) is 6.54 Å². The summed E-state index contributed by atoms with van der Waals surface area (Å²) in [6.07, 6.45) is 1.54. The molecule has 0 spiro atoms. The van der Waals surface area contributed by atoms with Gasteiger partial charge < -0.3 is 4.90 Å². The van der Waals surface area contributed by atoms with Crippen LogP contribution >= 0.6 is 0 Å². The van der Waals surface area contributed by atoms with Gasteiger partial charge in [-0.25, -0.2) is 8.78 Å². The van der Waals surface area contributed by atoms with E-state index in [1.165, 1.54) is 10.5 Å². The van der Waals surface area contributed by atoms with Crippen molar-refractivity contribution < 1.29 is 13.6 Å². The number of aromatic amines is 2. The fourth-order valence-corrected chi connectivity index (χ4v) is 2.73. The predicted molar refractivity (Wildman–Crippen MR) is 74.6 cm³/mol. The number of halogens is 2. The van der Waals surface area contributed by atoms with Gasteiger partial charge in [-0.05, 0) is 37.3 Å². The van der Waals surface area contributed by atoms with E-state index in [0.717, 1.165) is 43.1 Å². The first-order valence-corrected chi connectivity index (χ1v) is 7.20. The van der Waals surface area contributed by atoms with Crippen LogP contribution in [0.3, 0.4) is 0 Å². The van der Waals surface area contributed by atoms with Crippen molar-refractivity contribution in [3.63, 3.8) is 0 Å². The van der Waals surface area contributed by atoms with Gasteiger partial charge in [0.25, 0.3) is 12.3 Å². The fourth-order valence-electron chi connectivity index (χ4n) is 2.73. The monoisotopic (exact) mass is 309 g/mol. The molecular formula is C14H17F2N5O. The van der Waals surface area contributed by atoms with Crippen LogP contribution in [0.1, 0.15) is 52.4 Å². The third kappa shape index (κ3) is 2.72. The van der Waals surface area contributed by atoms with Crippen molar-refractivity contribution >= 4 is 5.91 Å². The van der Waals surface area contributed by atoms with Crippen LogP contribution in [0.2, 0.25) is 0 Å². The first-order chi connectivity index (χ1) is 10.6. The Labute approximate surface area is 125 Å². The van der Waals surface area contributed by atoms with Crippen LogP contribution in [0.25, 0.3) is 0 Å². The first kappa shape index (κ1) is 14.7. The van der Waals surface area contributed by atoms with Gasteiger partial charge in [0.2, 0.25) is 0 Å². The zero-order valence-corrected chi connectivity index (χ0v) is 12.2. The van der Waals surface area contributed by atoms with Gasteiger partial charge in [-0.2, -0.15) is 10.2 Å². The molecule has 0 radical (unpaired) electrons. The number of nitrogens with zero attached hydrogens (tertiary/aromatic N) is 3. The Bertz CT molecular complexity index is 679. The molecule has 2 aromatic heterocycles. The Balaban J connectivity index is 1.72. The number of alkyl halides is 2. The van der Waals surface area contributed by atoms with E-state index in [2.05, 4.69) is 20.4 Å². The Hall–Kier alpha value is -2.25. The van der Waals surface area contributed by atoms with Gasteiger partial charge in [-0.3, -0.25) is 15.0 Å². The Kier molecular flexibility index (Phi) is 3.91. The van der Waals surface area contributed by atoms with Crippen molar-refractivity contribution in [2.45, 2.75) is 38.7 Å². The average Bonchev–Trinajstić information content (AvgIpc) is 3.14. The SMILES string of the molecule is CN(Cc1n[nH]c2c1CCCC2)C(=O)c1cc(C(F)F)[nH]n1. The number of rotatable bonds is 4. The van der Waals surface area contributed by atoms with E-state index in [1.807, 2.05) is 0 Å². The molecule has 0 atom stereocenters. The van der Waals surface area contributed by atoms with Gasteiger partial charge >= 0.3 is 0 Å². The summed E-state index contributed by atoms with van der Waals surface area (Å²) in [5.41, 5.74) is 2.80. The number of H-pyrrole nitrogens is 2. The Morgan fingerprint density at radius 1 is 1.32 bits per heavy atom. The van der Waals surface area contributed by atoms with Crippen LogP contribution in [0, 0.1) is 0 Å².